The third-order valence-corrected chi connectivity index (χ3v) is 5.25. The van der Waals surface area contributed by atoms with Crippen LogP contribution in [0.1, 0.15) is 51.0 Å². The van der Waals surface area contributed by atoms with Crippen molar-refractivity contribution in [2.75, 3.05) is 13.2 Å². The zero-order valence-corrected chi connectivity index (χ0v) is 13.8. The van der Waals surface area contributed by atoms with Crippen molar-refractivity contribution in [1.82, 2.24) is 5.32 Å². The van der Waals surface area contributed by atoms with E-state index in [1.54, 1.807) is 0 Å². The molecule has 2 N–H and O–H groups in total. The van der Waals surface area contributed by atoms with Crippen molar-refractivity contribution in [1.29, 1.82) is 0 Å². The van der Waals surface area contributed by atoms with E-state index in [0.717, 1.165) is 17.6 Å². The Balaban J connectivity index is 1.60. The van der Waals surface area contributed by atoms with E-state index in [2.05, 4.69) is 37.4 Å². The maximum absolute atomic E-state index is 10.0. The van der Waals surface area contributed by atoms with E-state index in [-0.39, 0.29) is 0 Å². The summed E-state index contributed by atoms with van der Waals surface area (Å²) >= 11 is 0. The molecule has 0 unspecified atom stereocenters. The Morgan fingerprint density at radius 1 is 1.23 bits per heavy atom. The lowest BCUT2D eigenvalue weighted by molar-refractivity contribution is 0.103. The average Bonchev–Trinajstić information content (AvgIpc) is 3.14. The summed E-state index contributed by atoms with van der Waals surface area (Å²) in [4.78, 5) is 0. The first-order valence-corrected chi connectivity index (χ1v) is 8.76. The number of benzene rings is 1. The Morgan fingerprint density at radius 3 is 2.73 bits per heavy atom. The maximum atomic E-state index is 10.0. The van der Waals surface area contributed by atoms with Gasteiger partial charge in [0.1, 0.15) is 18.5 Å². The largest absolute Gasteiger partial charge is 0.491 e. The zero-order valence-electron chi connectivity index (χ0n) is 13.8. The van der Waals surface area contributed by atoms with Gasteiger partial charge in [-0.1, -0.05) is 38.5 Å². The molecule has 2 fully saturated rings. The molecule has 3 rings (SSSR count). The fourth-order valence-electron chi connectivity index (χ4n) is 4.16. The van der Waals surface area contributed by atoms with Crippen molar-refractivity contribution < 1.29 is 9.84 Å². The molecule has 2 saturated carbocycles. The van der Waals surface area contributed by atoms with E-state index in [1.807, 2.05) is 6.07 Å². The van der Waals surface area contributed by atoms with Crippen LogP contribution in [0.15, 0.2) is 24.3 Å². The van der Waals surface area contributed by atoms with Crippen LogP contribution in [-0.4, -0.2) is 30.4 Å². The van der Waals surface area contributed by atoms with Crippen LogP contribution in [0.5, 0.6) is 5.75 Å². The summed E-state index contributed by atoms with van der Waals surface area (Å²) in [6.45, 7) is 5.10. The summed E-state index contributed by atoms with van der Waals surface area (Å²) in [6, 6.07) is 8.81. The second-order valence-electron chi connectivity index (χ2n) is 7.35. The molecule has 3 heteroatoms. The standard InChI is InChI=1S/C19H29NO2/c1-13(2)20-11-16(21)12-22-19-6-4-3-5-17(19)18-10-14-7-8-15(18)9-14/h3-6,13-16,18,20-21H,7-12H2,1-2H3/t14-,15-,16-,18+/m0/s1. The number of nitrogens with one attached hydrogen (secondary N) is 1. The minimum absolute atomic E-state index is 0.359. The monoisotopic (exact) mass is 303 g/mol. The first kappa shape index (κ1) is 15.8. The third-order valence-electron chi connectivity index (χ3n) is 5.25. The van der Waals surface area contributed by atoms with E-state index in [9.17, 15) is 5.11 Å². The van der Waals surface area contributed by atoms with Crippen molar-refractivity contribution in [3.63, 3.8) is 0 Å². The first-order chi connectivity index (χ1) is 10.6. The van der Waals surface area contributed by atoms with Gasteiger partial charge in [-0.25, -0.2) is 0 Å². The van der Waals surface area contributed by atoms with Gasteiger partial charge >= 0.3 is 0 Å². The molecule has 2 bridgehead atoms. The van der Waals surface area contributed by atoms with Crippen molar-refractivity contribution in [2.24, 2.45) is 11.8 Å². The van der Waals surface area contributed by atoms with Gasteiger partial charge in [0.15, 0.2) is 0 Å². The molecule has 0 spiro atoms. The SMILES string of the molecule is CC(C)NC[C@H](O)COc1ccccc1[C@@H]1C[C@H]2CC[C@H]1C2. The summed E-state index contributed by atoms with van der Waals surface area (Å²) < 4.78 is 5.96. The van der Waals surface area contributed by atoms with Gasteiger partial charge in [0.25, 0.3) is 0 Å². The number of rotatable bonds is 7. The van der Waals surface area contributed by atoms with E-state index in [0.29, 0.717) is 25.1 Å². The third kappa shape index (κ3) is 3.64. The van der Waals surface area contributed by atoms with Gasteiger partial charge in [-0.2, -0.15) is 0 Å². The fraction of sp³-hybridized carbons (Fsp3) is 0.684. The van der Waals surface area contributed by atoms with E-state index in [1.165, 1.54) is 31.2 Å². The molecule has 0 heterocycles. The van der Waals surface area contributed by atoms with Crippen LogP contribution in [0, 0.1) is 11.8 Å². The molecular formula is C19H29NO2. The number of aliphatic hydroxyl groups excluding tert-OH is 1. The first-order valence-electron chi connectivity index (χ1n) is 8.76. The number of ether oxygens (including phenoxy) is 1. The van der Waals surface area contributed by atoms with Crippen LogP contribution in [0.4, 0.5) is 0 Å². The van der Waals surface area contributed by atoms with Crippen LogP contribution in [0.3, 0.4) is 0 Å². The lowest BCUT2D eigenvalue weighted by Gasteiger charge is -2.25. The highest BCUT2D eigenvalue weighted by molar-refractivity contribution is 5.38. The van der Waals surface area contributed by atoms with Crippen molar-refractivity contribution in [3.8, 4) is 5.75 Å². The van der Waals surface area contributed by atoms with Crippen LogP contribution >= 0.6 is 0 Å². The maximum Gasteiger partial charge on any atom is 0.122 e. The molecule has 0 aromatic heterocycles. The number of hydrogen-bond acceptors (Lipinski definition) is 3. The fourth-order valence-corrected chi connectivity index (χ4v) is 4.16. The van der Waals surface area contributed by atoms with Gasteiger partial charge in [0, 0.05) is 12.6 Å². The van der Waals surface area contributed by atoms with Gasteiger partial charge in [0.2, 0.25) is 0 Å². The molecule has 4 atom stereocenters. The predicted octanol–water partition coefficient (Wildman–Crippen LogP) is 3.33. The molecule has 3 nitrogen and oxygen atoms in total. The topological polar surface area (TPSA) is 41.5 Å². The van der Waals surface area contributed by atoms with Crippen molar-refractivity contribution in [2.45, 2.75) is 57.6 Å². The molecule has 2 aliphatic carbocycles. The molecule has 0 aliphatic heterocycles. The van der Waals surface area contributed by atoms with Gasteiger partial charge in [-0.3, -0.25) is 0 Å². The summed E-state index contributed by atoms with van der Waals surface area (Å²) in [5, 5.41) is 13.3. The number of fused-ring (bicyclic) bond motifs is 2. The molecule has 0 amide bonds. The van der Waals surface area contributed by atoms with Crippen molar-refractivity contribution >= 4 is 0 Å². The Hall–Kier alpha value is -1.06. The van der Waals surface area contributed by atoms with Crippen LogP contribution in [0.25, 0.3) is 0 Å². The number of hydrogen-bond donors (Lipinski definition) is 2. The van der Waals surface area contributed by atoms with Crippen LogP contribution < -0.4 is 10.1 Å². The molecular weight excluding hydrogens is 274 g/mol. The molecule has 0 saturated heterocycles. The second-order valence-corrected chi connectivity index (χ2v) is 7.35. The molecule has 22 heavy (non-hydrogen) atoms. The highest BCUT2D eigenvalue weighted by Crippen LogP contribution is 2.54. The molecule has 122 valence electrons. The highest BCUT2D eigenvalue weighted by atomic mass is 16.5. The average molecular weight is 303 g/mol. The summed E-state index contributed by atoms with van der Waals surface area (Å²) in [5.41, 5.74) is 1.36. The smallest absolute Gasteiger partial charge is 0.122 e. The summed E-state index contributed by atoms with van der Waals surface area (Å²) in [6.07, 6.45) is 5.06. The van der Waals surface area contributed by atoms with Crippen LogP contribution in [-0.2, 0) is 0 Å². The van der Waals surface area contributed by atoms with Gasteiger partial charge in [0.05, 0.1) is 0 Å². The summed E-state index contributed by atoms with van der Waals surface area (Å²) in [7, 11) is 0. The number of aliphatic hydroxyl groups is 1. The minimum atomic E-state index is -0.463. The minimum Gasteiger partial charge on any atom is -0.491 e. The molecule has 1 aromatic rings. The predicted molar refractivity (Wildman–Crippen MR) is 89.3 cm³/mol. The van der Waals surface area contributed by atoms with E-state index >= 15 is 0 Å². The van der Waals surface area contributed by atoms with Crippen LogP contribution in [0.2, 0.25) is 0 Å². The van der Waals surface area contributed by atoms with Crippen molar-refractivity contribution in [3.05, 3.63) is 29.8 Å². The molecule has 0 radical (unpaired) electrons. The van der Waals surface area contributed by atoms with E-state index in [4.69, 9.17) is 4.74 Å². The van der Waals surface area contributed by atoms with Gasteiger partial charge in [-0.05, 0) is 48.6 Å². The van der Waals surface area contributed by atoms with Gasteiger partial charge < -0.3 is 15.2 Å². The second kappa shape index (κ2) is 7.01. The summed E-state index contributed by atoms with van der Waals surface area (Å²) in [5.74, 6) is 3.43. The molecule has 2 aliphatic rings. The lowest BCUT2D eigenvalue weighted by atomic mass is 9.83. The number of para-hydroxylation sites is 1. The highest BCUT2D eigenvalue weighted by Gasteiger charge is 2.41. The Bertz CT molecular complexity index is 488. The lowest BCUT2D eigenvalue weighted by Crippen LogP contribution is -2.35. The zero-order chi connectivity index (χ0) is 15.5. The Labute approximate surface area is 134 Å². The molecule has 1 aromatic carbocycles. The van der Waals surface area contributed by atoms with E-state index < -0.39 is 6.10 Å². The quantitative estimate of drug-likeness (QED) is 0.812. The normalized spacial score (nSPS) is 28.3. The Morgan fingerprint density at radius 2 is 2.05 bits per heavy atom. The Kier molecular flexibility index (Phi) is 5.04. The van der Waals surface area contributed by atoms with Gasteiger partial charge in [-0.15, -0.1) is 0 Å².